The summed E-state index contributed by atoms with van der Waals surface area (Å²) < 4.78 is 10.6. The van der Waals surface area contributed by atoms with Crippen LogP contribution < -0.4 is 5.73 Å². The Labute approximate surface area is 175 Å². The van der Waals surface area contributed by atoms with E-state index in [-0.39, 0.29) is 24.5 Å². The minimum atomic E-state index is -1.85. The first-order valence-electron chi connectivity index (χ1n) is 9.88. The van der Waals surface area contributed by atoms with Crippen LogP contribution in [0.2, 0.25) is 0 Å². The third-order valence-corrected chi connectivity index (χ3v) is 5.41. The molecule has 0 unspecified atom stereocenters. The van der Waals surface area contributed by atoms with Gasteiger partial charge in [-0.15, -0.1) is 0 Å². The lowest BCUT2D eigenvalue weighted by Crippen LogP contribution is -2.40. The van der Waals surface area contributed by atoms with Crippen LogP contribution in [0.4, 0.5) is 0 Å². The zero-order valence-electron chi connectivity index (χ0n) is 17.0. The average molecular weight is 404 g/mol. The Bertz CT molecular complexity index is 995. The first kappa shape index (κ1) is 21.1. The van der Waals surface area contributed by atoms with Gasteiger partial charge in [0.25, 0.3) is 0 Å². The Balaban J connectivity index is 2.35. The summed E-state index contributed by atoms with van der Waals surface area (Å²) in [5, 5.41) is 10.3. The summed E-state index contributed by atoms with van der Waals surface area (Å²) >= 11 is 0. The van der Waals surface area contributed by atoms with Crippen LogP contribution in [0.3, 0.4) is 0 Å². The lowest BCUT2D eigenvalue weighted by atomic mass is 9.69. The Morgan fingerprint density at radius 3 is 2.00 bits per heavy atom. The van der Waals surface area contributed by atoms with E-state index >= 15 is 0 Å². The molecule has 0 bridgehead atoms. The number of hydrogen-bond donors (Lipinski definition) is 1. The van der Waals surface area contributed by atoms with Gasteiger partial charge in [-0.05, 0) is 25.0 Å². The predicted molar refractivity (Wildman–Crippen MR) is 111 cm³/mol. The molecule has 0 saturated heterocycles. The van der Waals surface area contributed by atoms with Crippen molar-refractivity contribution < 1.29 is 19.1 Å². The fraction of sp³-hybridized carbons (Fsp3) is 0.292. The molecule has 0 spiro atoms. The molecule has 3 rings (SSSR count). The highest BCUT2D eigenvalue weighted by Crippen LogP contribution is 2.58. The summed E-state index contributed by atoms with van der Waals surface area (Å²) in [5.74, 6) is -2.79. The SMILES string of the molecule is CCOC(=O)C1=C(N)[C@@](C#N)(C(=O)OCC)[C@H](c2ccccc2)[C@H]1c1ccccc1. The van der Waals surface area contributed by atoms with Crippen molar-refractivity contribution in [2.75, 3.05) is 13.2 Å². The van der Waals surface area contributed by atoms with E-state index in [0.29, 0.717) is 5.56 Å². The number of nitrogens with zero attached hydrogens (tertiary/aromatic N) is 1. The van der Waals surface area contributed by atoms with Gasteiger partial charge >= 0.3 is 11.9 Å². The fourth-order valence-electron chi connectivity index (χ4n) is 4.19. The van der Waals surface area contributed by atoms with Crippen LogP contribution in [-0.4, -0.2) is 25.2 Å². The largest absolute Gasteiger partial charge is 0.464 e. The van der Waals surface area contributed by atoms with Crippen LogP contribution in [0.15, 0.2) is 71.9 Å². The first-order valence-corrected chi connectivity index (χ1v) is 9.88. The highest BCUT2D eigenvalue weighted by molar-refractivity contribution is 5.98. The van der Waals surface area contributed by atoms with Gasteiger partial charge in [0.1, 0.15) is 0 Å². The van der Waals surface area contributed by atoms with Crippen molar-refractivity contribution in [2.24, 2.45) is 11.1 Å². The lowest BCUT2D eigenvalue weighted by molar-refractivity contribution is -0.151. The number of ether oxygens (including phenoxy) is 2. The molecule has 0 heterocycles. The number of hydrogen-bond acceptors (Lipinski definition) is 6. The monoisotopic (exact) mass is 404 g/mol. The van der Waals surface area contributed by atoms with Crippen molar-refractivity contribution in [3.05, 3.63) is 83.1 Å². The second-order valence-electron chi connectivity index (χ2n) is 6.96. The van der Waals surface area contributed by atoms with Crippen molar-refractivity contribution in [2.45, 2.75) is 25.7 Å². The van der Waals surface area contributed by atoms with Gasteiger partial charge in [0, 0.05) is 11.8 Å². The molecule has 30 heavy (non-hydrogen) atoms. The van der Waals surface area contributed by atoms with Crippen molar-refractivity contribution in [3.8, 4) is 6.07 Å². The van der Waals surface area contributed by atoms with E-state index in [0.717, 1.165) is 5.56 Å². The second-order valence-corrected chi connectivity index (χ2v) is 6.96. The fourth-order valence-corrected chi connectivity index (χ4v) is 4.19. The Morgan fingerprint density at radius 1 is 0.967 bits per heavy atom. The lowest BCUT2D eigenvalue weighted by Gasteiger charge is -2.31. The van der Waals surface area contributed by atoms with E-state index < -0.39 is 29.2 Å². The van der Waals surface area contributed by atoms with Gasteiger partial charge in [0.15, 0.2) is 0 Å². The normalized spacial score (nSPS) is 23.0. The molecule has 3 atom stereocenters. The molecule has 2 aromatic rings. The van der Waals surface area contributed by atoms with E-state index in [2.05, 4.69) is 6.07 Å². The van der Waals surface area contributed by atoms with Gasteiger partial charge in [0.2, 0.25) is 5.41 Å². The molecule has 0 aromatic heterocycles. The number of carbonyl (C=O) groups is 2. The molecule has 2 N–H and O–H groups in total. The van der Waals surface area contributed by atoms with Crippen LogP contribution in [0.5, 0.6) is 0 Å². The van der Waals surface area contributed by atoms with E-state index in [1.807, 2.05) is 60.7 Å². The molecule has 0 amide bonds. The maximum atomic E-state index is 13.2. The van der Waals surface area contributed by atoms with Gasteiger partial charge in [-0.25, -0.2) is 9.59 Å². The molecule has 2 aromatic carbocycles. The summed E-state index contributed by atoms with van der Waals surface area (Å²) in [5.41, 5.74) is 6.09. The summed E-state index contributed by atoms with van der Waals surface area (Å²) in [6.45, 7) is 3.59. The molecule has 1 aliphatic carbocycles. The van der Waals surface area contributed by atoms with Gasteiger partial charge in [0.05, 0.1) is 30.6 Å². The zero-order valence-corrected chi connectivity index (χ0v) is 17.0. The zero-order chi connectivity index (χ0) is 21.7. The highest BCUT2D eigenvalue weighted by atomic mass is 16.5. The number of esters is 2. The molecule has 1 aliphatic rings. The second kappa shape index (κ2) is 8.83. The topological polar surface area (TPSA) is 102 Å². The molecule has 0 fully saturated rings. The number of carbonyl (C=O) groups excluding carboxylic acids is 2. The molecule has 0 saturated carbocycles. The molecule has 6 nitrogen and oxygen atoms in total. The smallest absolute Gasteiger partial charge is 0.336 e. The van der Waals surface area contributed by atoms with Crippen LogP contribution in [0.1, 0.15) is 36.8 Å². The predicted octanol–water partition coefficient (Wildman–Crippen LogP) is 3.42. The Kier molecular flexibility index (Phi) is 6.22. The summed E-state index contributed by atoms with van der Waals surface area (Å²) in [6.07, 6.45) is 0. The molecule has 6 heteroatoms. The summed E-state index contributed by atoms with van der Waals surface area (Å²) in [7, 11) is 0. The molecule has 154 valence electrons. The molecular formula is C24H24N2O4. The summed E-state index contributed by atoms with van der Waals surface area (Å²) in [4.78, 5) is 26.2. The van der Waals surface area contributed by atoms with E-state index in [4.69, 9.17) is 15.2 Å². The Morgan fingerprint density at radius 2 is 1.50 bits per heavy atom. The van der Waals surface area contributed by atoms with Crippen LogP contribution >= 0.6 is 0 Å². The van der Waals surface area contributed by atoms with Crippen molar-refractivity contribution in [1.82, 2.24) is 0 Å². The molecule has 0 aliphatic heterocycles. The minimum absolute atomic E-state index is 0.0851. The van der Waals surface area contributed by atoms with Crippen molar-refractivity contribution in [3.63, 3.8) is 0 Å². The summed E-state index contributed by atoms with van der Waals surface area (Å²) in [6, 6.07) is 20.5. The number of nitriles is 1. The molecule has 0 radical (unpaired) electrons. The van der Waals surface area contributed by atoms with E-state index in [1.54, 1.807) is 13.8 Å². The number of rotatable bonds is 6. The quantitative estimate of drug-likeness (QED) is 0.740. The van der Waals surface area contributed by atoms with Crippen LogP contribution in [0.25, 0.3) is 0 Å². The third kappa shape index (κ3) is 3.33. The Hall–Kier alpha value is -3.59. The van der Waals surface area contributed by atoms with Crippen molar-refractivity contribution in [1.29, 1.82) is 5.26 Å². The highest BCUT2D eigenvalue weighted by Gasteiger charge is 2.62. The maximum Gasteiger partial charge on any atom is 0.336 e. The number of nitrogens with two attached hydrogens (primary N) is 1. The minimum Gasteiger partial charge on any atom is -0.464 e. The van der Waals surface area contributed by atoms with Gasteiger partial charge < -0.3 is 15.2 Å². The van der Waals surface area contributed by atoms with E-state index in [1.165, 1.54) is 0 Å². The average Bonchev–Trinajstić information content (AvgIpc) is 3.04. The molecular weight excluding hydrogens is 380 g/mol. The van der Waals surface area contributed by atoms with Crippen LogP contribution in [0, 0.1) is 16.7 Å². The van der Waals surface area contributed by atoms with Gasteiger partial charge in [-0.3, -0.25) is 0 Å². The number of benzene rings is 2. The van der Waals surface area contributed by atoms with Gasteiger partial charge in [-0.2, -0.15) is 5.26 Å². The third-order valence-electron chi connectivity index (χ3n) is 5.41. The first-order chi connectivity index (χ1) is 14.5. The van der Waals surface area contributed by atoms with Crippen LogP contribution in [-0.2, 0) is 19.1 Å². The standard InChI is InChI=1S/C24H24N2O4/c1-3-29-22(27)19-18(16-11-7-5-8-12-16)20(17-13-9-6-10-14-17)24(15-25,21(19)26)23(28)30-4-2/h5-14,18,20H,3-4,26H2,1-2H3/t18-,20+,24-/m0/s1. The maximum absolute atomic E-state index is 13.2. The van der Waals surface area contributed by atoms with E-state index in [9.17, 15) is 14.9 Å². The van der Waals surface area contributed by atoms with Gasteiger partial charge in [-0.1, -0.05) is 60.7 Å². The van der Waals surface area contributed by atoms with Crippen molar-refractivity contribution >= 4 is 11.9 Å².